The maximum atomic E-state index is 13.4. The van der Waals surface area contributed by atoms with Gasteiger partial charge in [0.1, 0.15) is 5.82 Å². The Balaban J connectivity index is 0.00000261. The van der Waals surface area contributed by atoms with E-state index in [-0.39, 0.29) is 31.2 Å². The van der Waals surface area contributed by atoms with Gasteiger partial charge in [0.05, 0.1) is 18.3 Å². The van der Waals surface area contributed by atoms with Crippen LogP contribution >= 0.6 is 0 Å². The molecule has 2 aliphatic rings. The number of carboxylic acids is 1. The Kier molecular flexibility index (Phi) is 5.85. The quantitative estimate of drug-likeness (QED) is 0.663. The van der Waals surface area contributed by atoms with Crippen LogP contribution in [-0.4, -0.2) is 66.3 Å². The van der Waals surface area contributed by atoms with E-state index in [1.165, 1.54) is 12.1 Å². The number of nitrogens with zero attached hydrogens (tertiary/aromatic N) is 3. The monoisotopic (exact) mass is 367 g/mol. The van der Waals surface area contributed by atoms with E-state index in [1.807, 2.05) is 4.90 Å². The number of hydrogen-bond donors (Lipinski definition) is 3. The van der Waals surface area contributed by atoms with Crippen LogP contribution in [0.1, 0.15) is 19.4 Å². The summed E-state index contributed by atoms with van der Waals surface area (Å²) in [6, 6.07) is 5.95. The van der Waals surface area contributed by atoms with Crippen LogP contribution in [0.25, 0.3) is 0 Å². The van der Waals surface area contributed by atoms with Gasteiger partial charge in [0.2, 0.25) is 5.79 Å². The average Bonchev–Trinajstić information content (AvgIpc) is 3.01. The number of nitrogens with one attached hydrogen (secondary N) is 1. The maximum absolute atomic E-state index is 13.4. The van der Waals surface area contributed by atoms with Crippen molar-refractivity contribution in [3.8, 4) is 0 Å². The molecule has 2 unspecified atom stereocenters. The van der Waals surface area contributed by atoms with Gasteiger partial charge in [-0.15, -0.1) is 0 Å². The summed E-state index contributed by atoms with van der Waals surface area (Å²) >= 11 is 0. The van der Waals surface area contributed by atoms with Crippen LogP contribution in [0.5, 0.6) is 0 Å². The van der Waals surface area contributed by atoms with E-state index in [2.05, 4.69) is 15.3 Å². The van der Waals surface area contributed by atoms with Crippen LogP contribution < -0.4 is 11.1 Å². The van der Waals surface area contributed by atoms with Crippen molar-refractivity contribution in [1.29, 1.82) is 0 Å². The predicted molar refractivity (Wildman–Crippen MR) is 104 cm³/mol. The molecule has 0 saturated carbocycles. The van der Waals surface area contributed by atoms with E-state index < -0.39 is 22.7 Å². The number of hydrogen-bond acceptors (Lipinski definition) is 6. The Morgan fingerprint density at radius 3 is 2.59 bits per heavy atom. The molecule has 0 radical (unpaired) electrons. The minimum atomic E-state index is -1.28. The van der Waals surface area contributed by atoms with E-state index in [1.54, 1.807) is 50.8 Å². The van der Waals surface area contributed by atoms with Crippen molar-refractivity contribution in [3.05, 3.63) is 47.9 Å². The molecule has 0 saturated heterocycles. The SMILES string of the molecule is CC(C)(CN1C=NC(c2ccc(F)cc2)(C2(N)N=CC=CN2)C1)C(=O)O.[LiH]. The molecule has 9 heteroatoms. The number of carboxylic acid groups (broad SMARTS) is 1. The van der Waals surface area contributed by atoms with E-state index in [4.69, 9.17) is 5.73 Å². The van der Waals surface area contributed by atoms with Gasteiger partial charge in [0, 0.05) is 19.0 Å². The molecule has 0 fully saturated rings. The van der Waals surface area contributed by atoms with Crippen molar-refractivity contribution in [2.24, 2.45) is 21.1 Å². The normalized spacial score (nSPS) is 26.6. The Labute approximate surface area is 169 Å². The summed E-state index contributed by atoms with van der Waals surface area (Å²) in [6.07, 6.45) is 6.57. The van der Waals surface area contributed by atoms with Gasteiger partial charge in [-0.2, -0.15) is 0 Å². The minimum absolute atomic E-state index is 0. The summed E-state index contributed by atoms with van der Waals surface area (Å²) in [5.41, 5.74) is 5.24. The Bertz CT molecular complexity index is 795. The van der Waals surface area contributed by atoms with Gasteiger partial charge in [0.15, 0.2) is 5.54 Å². The van der Waals surface area contributed by atoms with Crippen molar-refractivity contribution in [2.75, 3.05) is 13.1 Å². The number of allylic oxidation sites excluding steroid dienone is 1. The second-order valence-corrected chi connectivity index (χ2v) is 7.25. The molecule has 0 spiro atoms. The summed E-state index contributed by atoms with van der Waals surface area (Å²) in [7, 11) is 0. The third kappa shape index (κ3) is 3.79. The Morgan fingerprint density at radius 1 is 1.37 bits per heavy atom. The van der Waals surface area contributed by atoms with Crippen molar-refractivity contribution in [1.82, 2.24) is 10.2 Å². The topological polar surface area (TPSA) is 103 Å². The standard InChI is InChI=1S/C18H22FN5O2.Li.H/c1-16(2,15(25)26)10-24-11-17(23-12-24,13-4-6-14(19)7-5-13)18(20)21-8-3-9-22-18;;/h3-9,12,21H,10-11,20H2,1-2H3,(H,25,26);;. The molecule has 2 aliphatic heterocycles. The molecule has 2 heterocycles. The van der Waals surface area contributed by atoms with E-state index in [9.17, 15) is 14.3 Å². The molecule has 140 valence electrons. The molecule has 7 nitrogen and oxygen atoms in total. The molecular weight excluding hydrogens is 344 g/mol. The van der Waals surface area contributed by atoms with Gasteiger partial charge in [-0.05, 0) is 37.6 Å². The van der Waals surface area contributed by atoms with Gasteiger partial charge < -0.3 is 15.3 Å². The van der Waals surface area contributed by atoms with Crippen LogP contribution in [0, 0.1) is 11.2 Å². The molecule has 3 rings (SSSR count). The fourth-order valence-corrected chi connectivity index (χ4v) is 3.20. The first-order valence-corrected chi connectivity index (χ1v) is 8.24. The van der Waals surface area contributed by atoms with Gasteiger partial charge in [-0.1, -0.05) is 12.1 Å². The number of aliphatic imine (C=N–C) groups is 2. The molecule has 0 aromatic heterocycles. The fourth-order valence-electron chi connectivity index (χ4n) is 3.20. The zero-order valence-electron chi connectivity index (χ0n) is 14.7. The molecule has 4 N–H and O–H groups in total. The Morgan fingerprint density at radius 2 is 2.04 bits per heavy atom. The van der Waals surface area contributed by atoms with Crippen molar-refractivity contribution in [3.63, 3.8) is 0 Å². The van der Waals surface area contributed by atoms with Crippen LogP contribution in [-0.2, 0) is 10.3 Å². The van der Waals surface area contributed by atoms with Crippen LogP contribution in [0.3, 0.4) is 0 Å². The number of aliphatic carboxylic acids is 1. The number of benzene rings is 1. The zero-order chi connectivity index (χ0) is 19.0. The second kappa shape index (κ2) is 7.47. The van der Waals surface area contributed by atoms with E-state index in [0.29, 0.717) is 12.1 Å². The van der Waals surface area contributed by atoms with E-state index >= 15 is 0 Å². The van der Waals surface area contributed by atoms with Crippen molar-refractivity contribution in [2.45, 2.75) is 25.2 Å². The Hall–Kier alpha value is -2.14. The fraction of sp³-hybridized carbons (Fsp3) is 0.389. The van der Waals surface area contributed by atoms with Crippen molar-refractivity contribution < 1.29 is 14.3 Å². The first-order chi connectivity index (χ1) is 12.2. The third-order valence-corrected chi connectivity index (χ3v) is 4.77. The third-order valence-electron chi connectivity index (χ3n) is 4.77. The molecule has 1 aromatic carbocycles. The van der Waals surface area contributed by atoms with Crippen LogP contribution in [0.15, 0.2) is 46.5 Å². The summed E-state index contributed by atoms with van der Waals surface area (Å²) < 4.78 is 13.4. The molecule has 1 aromatic rings. The van der Waals surface area contributed by atoms with Gasteiger partial charge in [-0.3, -0.25) is 15.5 Å². The molecular formula is C18H23FLiN5O2. The second-order valence-electron chi connectivity index (χ2n) is 7.25. The summed E-state index contributed by atoms with van der Waals surface area (Å²) in [5.74, 6) is -2.54. The summed E-state index contributed by atoms with van der Waals surface area (Å²) in [4.78, 5) is 22.3. The number of halogens is 1. The van der Waals surface area contributed by atoms with Crippen LogP contribution in [0.4, 0.5) is 4.39 Å². The van der Waals surface area contributed by atoms with Crippen molar-refractivity contribution >= 4 is 37.4 Å². The molecule has 2 atom stereocenters. The van der Waals surface area contributed by atoms with Gasteiger partial charge >= 0.3 is 24.8 Å². The van der Waals surface area contributed by atoms with Crippen LogP contribution in [0.2, 0.25) is 0 Å². The first kappa shape index (κ1) is 21.2. The first-order valence-electron chi connectivity index (χ1n) is 8.24. The number of rotatable bonds is 5. The summed E-state index contributed by atoms with van der Waals surface area (Å²) in [6.45, 7) is 3.87. The summed E-state index contributed by atoms with van der Waals surface area (Å²) in [5, 5.41) is 12.4. The molecule has 0 amide bonds. The average molecular weight is 367 g/mol. The number of nitrogens with two attached hydrogens (primary N) is 1. The van der Waals surface area contributed by atoms with Gasteiger partial charge in [0.25, 0.3) is 0 Å². The van der Waals surface area contributed by atoms with Gasteiger partial charge in [-0.25, -0.2) is 9.38 Å². The number of carbonyl (C=O) groups is 1. The molecule has 27 heavy (non-hydrogen) atoms. The zero-order valence-corrected chi connectivity index (χ0v) is 14.7. The molecule has 0 bridgehead atoms. The van der Waals surface area contributed by atoms with E-state index in [0.717, 1.165) is 0 Å². The molecule has 0 aliphatic carbocycles. The predicted octanol–water partition coefficient (Wildman–Crippen LogP) is 0.627.